The van der Waals surface area contributed by atoms with Crippen molar-refractivity contribution >= 4 is 21.8 Å². The van der Waals surface area contributed by atoms with E-state index in [1.54, 1.807) is 11.3 Å². The molecule has 0 N–H and O–H groups in total. The summed E-state index contributed by atoms with van der Waals surface area (Å²) in [5.74, 6) is 0. The summed E-state index contributed by atoms with van der Waals surface area (Å²) < 4.78 is 27.2. The van der Waals surface area contributed by atoms with Gasteiger partial charge >= 0.3 is 10.5 Å². The summed E-state index contributed by atoms with van der Waals surface area (Å²) in [5.41, 5.74) is 0.905. The zero-order valence-electron chi connectivity index (χ0n) is 9.28. The summed E-state index contributed by atoms with van der Waals surface area (Å²) in [5, 5.41) is 1.98. The summed E-state index contributed by atoms with van der Waals surface area (Å²) in [7, 11) is -0.495. The fourth-order valence-corrected chi connectivity index (χ4v) is 2.87. The molecule has 6 heteroatoms. The predicted molar refractivity (Wildman–Crippen MR) is 67.5 cm³/mol. The number of aromatic nitrogens is 1. The van der Waals surface area contributed by atoms with E-state index in [-0.39, 0.29) is 6.04 Å². The highest BCUT2D eigenvalue weighted by molar-refractivity contribution is 7.61. The van der Waals surface area contributed by atoms with E-state index < -0.39 is 10.5 Å². The van der Waals surface area contributed by atoms with E-state index in [9.17, 15) is 8.42 Å². The first-order valence-electron chi connectivity index (χ1n) is 5.10. The fraction of sp³-hybridized carbons (Fsp3) is 0.273. The maximum absolute atomic E-state index is 10.8. The first-order chi connectivity index (χ1) is 8.16. The zero-order chi connectivity index (χ0) is 12.3. The van der Waals surface area contributed by atoms with Gasteiger partial charge in [-0.1, -0.05) is 6.07 Å². The Morgan fingerprint density at radius 2 is 2.24 bits per heavy atom. The van der Waals surface area contributed by atoms with Gasteiger partial charge in [-0.25, -0.2) is 0 Å². The Balaban J connectivity index is 2.32. The third kappa shape index (κ3) is 3.04. The van der Waals surface area contributed by atoms with Crippen LogP contribution < -0.4 is 0 Å². The molecule has 0 radical (unpaired) electrons. The Labute approximate surface area is 105 Å². The average Bonchev–Trinajstić information content (AvgIpc) is 2.87. The Morgan fingerprint density at radius 1 is 1.41 bits per heavy atom. The first kappa shape index (κ1) is 12.1. The minimum Gasteiger partial charge on any atom is -0.353 e. The number of hydrogen-bond donors (Lipinski definition) is 0. The molecule has 2 aromatic heterocycles. The number of rotatable bonds is 4. The lowest BCUT2D eigenvalue weighted by molar-refractivity contribution is 0.606. The van der Waals surface area contributed by atoms with Crippen molar-refractivity contribution in [3.63, 3.8) is 0 Å². The molecule has 1 unspecified atom stereocenters. The fourth-order valence-electron chi connectivity index (χ4n) is 1.74. The van der Waals surface area contributed by atoms with E-state index in [1.807, 2.05) is 47.5 Å². The molecule has 17 heavy (non-hydrogen) atoms. The van der Waals surface area contributed by atoms with Crippen LogP contribution in [0.2, 0.25) is 0 Å². The predicted octanol–water partition coefficient (Wildman–Crippen LogP) is 2.43. The van der Waals surface area contributed by atoms with Crippen LogP contribution in [0.4, 0.5) is 0 Å². The smallest absolute Gasteiger partial charge is 0.311 e. The van der Waals surface area contributed by atoms with Crippen molar-refractivity contribution in [3.8, 4) is 0 Å². The van der Waals surface area contributed by atoms with E-state index in [2.05, 4.69) is 4.36 Å². The quantitative estimate of drug-likeness (QED) is 0.855. The van der Waals surface area contributed by atoms with Gasteiger partial charge in [-0.2, -0.15) is 12.8 Å². The van der Waals surface area contributed by atoms with Crippen LogP contribution in [-0.2, 0) is 24.0 Å². The van der Waals surface area contributed by atoms with Gasteiger partial charge < -0.3 is 4.57 Å². The Hall–Kier alpha value is -1.40. The van der Waals surface area contributed by atoms with Gasteiger partial charge in [0.25, 0.3) is 0 Å². The Morgan fingerprint density at radius 3 is 2.76 bits per heavy atom. The van der Waals surface area contributed by atoms with Crippen molar-refractivity contribution in [2.24, 2.45) is 11.4 Å². The minimum atomic E-state index is -2.38. The van der Waals surface area contributed by atoms with Crippen LogP contribution in [0.15, 0.2) is 40.2 Å². The summed E-state index contributed by atoms with van der Waals surface area (Å²) in [4.78, 5) is 1.13. The molecule has 0 saturated carbocycles. The molecular weight excluding hydrogens is 256 g/mol. The van der Waals surface area contributed by atoms with Crippen molar-refractivity contribution in [1.82, 2.24) is 4.57 Å². The molecule has 4 nitrogen and oxygen atoms in total. The highest BCUT2D eigenvalue weighted by Crippen LogP contribution is 2.24. The molecule has 2 rings (SSSR count). The molecule has 0 bridgehead atoms. The minimum absolute atomic E-state index is 0.341. The number of nitrogens with zero attached hydrogens (tertiary/aromatic N) is 2. The van der Waals surface area contributed by atoms with Crippen LogP contribution in [0.1, 0.15) is 16.6 Å². The van der Waals surface area contributed by atoms with Crippen LogP contribution in [0.25, 0.3) is 0 Å². The standard InChI is InChI=1S/C11H12N2O2S2/c1-13-6-2-5-11(13)10(12-17(14)15)8-9-4-3-7-16-9/h2-7,10H,8H2,1H3. The monoisotopic (exact) mass is 268 g/mol. The lowest BCUT2D eigenvalue weighted by atomic mass is 10.1. The summed E-state index contributed by atoms with van der Waals surface area (Å²) in [6.45, 7) is 0. The van der Waals surface area contributed by atoms with Gasteiger partial charge in [0, 0.05) is 30.2 Å². The Bertz CT molecular complexity index is 604. The van der Waals surface area contributed by atoms with Crippen LogP contribution in [-0.4, -0.2) is 13.0 Å². The molecule has 0 aliphatic carbocycles. The zero-order valence-corrected chi connectivity index (χ0v) is 10.9. The molecule has 90 valence electrons. The highest BCUT2D eigenvalue weighted by atomic mass is 32.2. The van der Waals surface area contributed by atoms with E-state index in [1.165, 1.54) is 0 Å². The second-order valence-corrected chi connectivity index (χ2v) is 5.34. The van der Waals surface area contributed by atoms with Crippen molar-refractivity contribution in [2.45, 2.75) is 12.5 Å². The average molecular weight is 268 g/mol. The van der Waals surface area contributed by atoms with Crippen LogP contribution in [0.5, 0.6) is 0 Å². The molecular formula is C11H12N2O2S2. The molecule has 0 saturated heterocycles. The molecule has 1 atom stereocenters. The van der Waals surface area contributed by atoms with Crippen molar-refractivity contribution in [1.29, 1.82) is 0 Å². The normalized spacial score (nSPS) is 12.3. The Kier molecular flexibility index (Phi) is 3.75. The molecule has 0 fully saturated rings. The van der Waals surface area contributed by atoms with Crippen LogP contribution >= 0.6 is 11.3 Å². The number of aryl methyl sites for hydroxylation is 1. The van der Waals surface area contributed by atoms with Crippen LogP contribution in [0, 0.1) is 0 Å². The second-order valence-electron chi connectivity index (χ2n) is 3.67. The molecule has 2 heterocycles. The maximum atomic E-state index is 10.8. The molecule has 0 aliphatic rings. The van der Waals surface area contributed by atoms with E-state index in [0.717, 1.165) is 10.6 Å². The van der Waals surface area contributed by atoms with Crippen molar-refractivity contribution < 1.29 is 8.42 Å². The van der Waals surface area contributed by atoms with Gasteiger partial charge in [-0.3, -0.25) is 0 Å². The van der Waals surface area contributed by atoms with E-state index in [4.69, 9.17) is 0 Å². The summed E-state index contributed by atoms with van der Waals surface area (Å²) >= 11 is 1.61. The third-order valence-corrected chi connectivity index (χ3v) is 3.84. The third-order valence-electron chi connectivity index (χ3n) is 2.51. The number of hydrogen-bond acceptors (Lipinski definition) is 4. The van der Waals surface area contributed by atoms with Crippen molar-refractivity contribution in [2.75, 3.05) is 0 Å². The molecule has 0 aromatic carbocycles. The summed E-state index contributed by atoms with van der Waals surface area (Å²) in [6, 6.07) is 7.39. The van der Waals surface area contributed by atoms with Gasteiger partial charge in [0.05, 0.1) is 0 Å². The largest absolute Gasteiger partial charge is 0.353 e. The van der Waals surface area contributed by atoms with Gasteiger partial charge in [0.15, 0.2) is 0 Å². The lowest BCUT2D eigenvalue weighted by Gasteiger charge is -2.10. The highest BCUT2D eigenvalue weighted by Gasteiger charge is 2.15. The SMILES string of the molecule is Cn1cccc1C(Cc1cccs1)N=S(=O)=O. The first-order valence-corrected chi connectivity index (χ1v) is 7.02. The molecule has 0 aliphatic heterocycles. The van der Waals surface area contributed by atoms with Gasteiger partial charge in [-0.15, -0.1) is 11.3 Å². The van der Waals surface area contributed by atoms with Crippen LogP contribution in [0.3, 0.4) is 0 Å². The van der Waals surface area contributed by atoms with Gasteiger partial charge in [-0.05, 0) is 23.6 Å². The summed E-state index contributed by atoms with van der Waals surface area (Å²) in [6.07, 6.45) is 2.50. The molecule has 0 amide bonds. The topological polar surface area (TPSA) is 51.4 Å². The molecule has 0 spiro atoms. The lowest BCUT2D eigenvalue weighted by Crippen LogP contribution is -2.04. The van der Waals surface area contributed by atoms with E-state index in [0.29, 0.717) is 6.42 Å². The van der Waals surface area contributed by atoms with Crippen molar-refractivity contribution in [3.05, 3.63) is 46.4 Å². The second kappa shape index (κ2) is 5.29. The maximum Gasteiger partial charge on any atom is 0.311 e. The van der Waals surface area contributed by atoms with E-state index >= 15 is 0 Å². The van der Waals surface area contributed by atoms with Gasteiger partial charge in [0.2, 0.25) is 0 Å². The number of thiophene rings is 1. The molecule has 2 aromatic rings. The van der Waals surface area contributed by atoms with Gasteiger partial charge in [0.1, 0.15) is 6.04 Å².